The number of rotatable bonds is 5. The molecule has 2 rings (SSSR count). The van der Waals surface area contributed by atoms with Crippen LogP contribution in [0.5, 0.6) is 5.75 Å². The fraction of sp³-hybridized carbons (Fsp3) is 0.143. The number of carbonyl (C=O) groups excluding carboxylic acids is 1. The highest BCUT2D eigenvalue weighted by Gasteiger charge is 2.09. The van der Waals surface area contributed by atoms with Gasteiger partial charge in [0, 0.05) is 0 Å². The van der Waals surface area contributed by atoms with E-state index in [0.29, 0.717) is 17.1 Å². The molecule has 104 valence electrons. The van der Waals surface area contributed by atoms with Crippen LogP contribution in [-0.2, 0) is 11.3 Å². The Kier molecular flexibility index (Phi) is 4.05. The van der Waals surface area contributed by atoms with Gasteiger partial charge in [-0.15, -0.1) is 0 Å². The molecule has 0 fully saturated rings. The predicted octanol–water partition coefficient (Wildman–Crippen LogP) is 2.34. The van der Waals surface area contributed by atoms with Gasteiger partial charge in [-0.05, 0) is 36.4 Å². The molecule has 0 aliphatic carbocycles. The zero-order valence-electron chi connectivity index (χ0n) is 10.7. The monoisotopic (exact) mass is 276 g/mol. The molecule has 2 aromatic rings. The van der Waals surface area contributed by atoms with Gasteiger partial charge in [0.25, 0.3) is 0 Å². The van der Waals surface area contributed by atoms with Crippen LogP contribution in [0.4, 0.5) is 0 Å². The zero-order valence-corrected chi connectivity index (χ0v) is 10.7. The van der Waals surface area contributed by atoms with Crippen molar-refractivity contribution in [2.45, 2.75) is 6.61 Å². The minimum Gasteiger partial charge on any atom is -0.486 e. The van der Waals surface area contributed by atoms with E-state index in [4.69, 9.17) is 14.3 Å². The maximum Gasteiger partial charge on any atom is 0.371 e. The number of carbonyl (C=O) groups is 2. The first kappa shape index (κ1) is 13.7. The van der Waals surface area contributed by atoms with E-state index in [9.17, 15) is 9.59 Å². The Labute approximate surface area is 114 Å². The van der Waals surface area contributed by atoms with Crippen molar-refractivity contribution < 1.29 is 28.6 Å². The second-order valence-corrected chi connectivity index (χ2v) is 3.88. The molecule has 1 heterocycles. The number of hydrogen-bond donors (Lipinski definition) is 1. The Morgan fingerprint density at radius 2 is 1.85 bits per heavy atom. The van der Waals surface area contributed by atoms with E-state index in [2.05, 4.69) is 4.74 Å². The molecule has 0 atom stereocenters. The molecule has 1 N–H and O–H groups in total. The first-order valence-electron chi connectivity index (χ1n) is 5.73. The number of ether oxygens (including phenoxy) is 2. The molecule has 0 aliphatic heterocycles. The summed E-state index contributed by atoms with van der Waals surface area (Å²) in [7, 11) is 1.31. The fourth-order valence-corrected chi connectivity index (χ4v) is 1.53. The fourth-order valence-electron chi connectivity index (χ4n) is 1.53. The highest BCUT2D eigenvalue weighted by molar-refractivity contribution is 5.89. The number of furan rings is 1. The van der Waals surface area contributed by atoms with Gasteiger partial charge in [0.1, 0.15) is 18.1 Å². The molecule has 0 amide bonds. The number of aromatic carboxylic acids is 1. The van der Waals surface area contributed by atoms with Gasteiger partial charge in [-0.3, -0.25) is 0 Å². The molecule has 0 unspecified atom stereocenters. The van der Waals surface area contributed by atoms with E-state index >= 15 is 0 Å². The number of methoxy groups -OCH3 is 1. The average Bonchev–Trinajstić information content (AvgIpc) is 2.94. The van der Waals surface area contributed by atoms with Gasteiger partial charge >= 0.3 is 11.9 Å². The van der Waals surface area contributed by atoms with Crippen LogP contribution >= 0.6 is 0 Å². The third kappa shape index (κ3) is 3.17. The summed E-state index contributed by atoms with van der Waals surface area (Å²) in [6, 6.07) is 9.28. The van der Waals surface area contributed by atoms with Crippen LogP contribution in [-0.4, -0.2) is 24.2 Å². The number of esters is 1. The Morgan fingerprint density at radius 3 is 2.40 bits per heavy atom. The molecule has 0 saturated carbocycles. The summed E-state index contributed by atoms with van der Waals surface area (Å²) in [4.78, 5) is 21.9. The number of hydrogen-bond acceptors (Lipinski definition) is 5. The molecule has 1 aromatic carbocycles. The second kappa shape index (κ2) is 5.92. The van der Waals surface area contributed by atoms with Gasteiger partial charge in [-0.2, -0.15) is 0 Å². The van der Waals surface area contributed by atoms with E-state index in [-0.39, 0.29) is 12.4 Å². The van der Waals surface area contributed by atoms with Crippen molar-refractivity contribution in [3.8, 4) is 5.75 Å². The molecular weight excluding hydrogens is 264 g/mol. The summed E-state index contributed by atoms with van der Waals surface area (Å²) in [5.41, 5.74) is 0.422. The van der Waals surface area contributed by atoms with Crippen molar-refractivity contribution in [1.82, 2.24) is 0 Å². The van der Waals surface area contributed by atoms with Crippen LogP contribution in [0, 0.1) is 0 Å². The van der Waals surface area contributed by atoms with Crippen molar-refractivity contribution in [2.24, 2.45) is 0 Å². The highest BCUT2D eigenvalue weighted by atomic mass is 16.5. The SMILES string of the molecule is COC(=O)c1ccc(OCc2ccc(C(=O)O)o2)cc1. The molecule has 0 saturated heterocycles. The van der Waals surface area contributed by atoms with E-state index in [1.54, 1.807) is 24.3 Å². The third-order valence-electron chi connectivity index (χ3n) is 2.53. The van der Waals surface area contributed by atoms with Crippen LogP contribution in [0.2, 0.25) is 0 Å². The quantitative estimate of drug-likeness (QED) is 0.843. The van der Waals surface area contributed by atoms with Gasteiger partial charge in [0.15, 0.2) is 0 Å². The van der Waals surface area contributed by atoms with Gasteiger partial charge in [-0.1, -0.05) is 0 Å². The van der Waals surface area contributed by atoms with E-state index in [1.165, 1.54) is 19.2 Å². The maximum absolute atomic E-state index is 11.2. The highest BCUT2D eigenvalue weighted by Crippen LogP contribution is 2.16. The van der Waals surface area contributed by atoms with Crippen LogP contribution in [0.25, 0.3) is 0 Å². The summed E-state index contributed by atoms with van der Waals surface area (Å²) in [6.07, 6.45) is 0. The number of carboxylic acid groups (broad SMARTS) is 1. The lowest BCUT2D eigenvalue weighted by Gasteiger charge is -2.05. The molecule has 0 spiro atoms. The number of carboxylic acids is 1. The zero-order chi connectivity index (χ0) is 14.5. The Morgan fingerprint density at radius 1 is 1.15 bits per heavy atom. The lowest BCUT2D eigenvalue weighted by molar-refractivity contribution is 0.0599. The van der Waals surface area contributed by atoms with Crippen molar-refractivity contribution in [2.75, 3.05) is 7.11 Å². The topological polar surface area (TPSA) is 86.0 Å². The maximum atomic E-state index is 11.2. The Balaban J connectivity index is 1.96. The summed E-state index contributed by atoms with van der Waals surface area (Å²) in [5, 5.41) is 8.71. The van der Waals surface area contributed by atoms with Crippen LogP contribution in [0.3, 0.4) is 0 Å². The van der Waals surface area contributed by atoms with Crippen LogP contribution in [0.15, 0.2) is 40.8 Å². The summed E-state index contributed by atoms with van der Waals surface area (Å²) < 4.78 is 15.0. The standard InChI is InChI=1S/C14H12O6/c1-18-14(17)9-2-4-10(5-3-9)19-8-11-6-7-12(20-11)13(15)16/h2-7H,8H2,1H3,(H,15,16). The lowest BCUT2D eigenvalue weighted by Crippen LogP contribution is -2.01. The van der Waals surface area contributed by atoms with Crippen molar-refractivity contribution >= 4 is 11.9 Å². The normalized spacial score (nSPS) is 10.1. The molecule has 0 radical (unpaired) electrons. The first-order valence-corrected chi connectivity index (χ1v) is 5.73. The van der Waals surface area contributed by atoms with E-state index < -0.39 is 11.9 Å². The third-order valence-corrected chi connectivity index (χ3v) is 2.53. The van der Waals surface area contributed by atoms with Gasteiger partial charge in [0.05, 0.1) is 12.7 Å². The Bertz CT molecular complexity index is 611. The molecule has 6 heteroatoms. The van der Waals surface area contributed by atoms with E-state index in [1.807, 2.05) is 0 Å². The summed E-state index contributed by atoms with van der Waals surface area (Å²) in [6.45, 7) is 0.102. The lowest BCUT2D eigenvalue weighted by atomic mass is 10.2. The minimum atomic E-state index is -1.13. The minimum absolute atomic E-state index is 0.102. The van der Waals surface area contributed by atoms with Crippen LogP contribution < -0.4 is 4.74 Å². The largest absolute Gasteiger partial charge is 0.486 e. The molecule has 0 bridgehead atoms. The van der Waals surface area contributed by atoms with E-state index in [0.717, 1.165) is 0 Å². The molecule has 1 aromatic heterocycles. The van der Waals surface area contributed by atoms with Gasteiger partial charge in [-0.25, -0.2) is 9.59 Å². The second-order valence-electron chi connectivity index (χ2n) is 3.88. The van der Waals surface area contributed by atoms with Crippen molar-refractivity contribution in [3.05, 3.63) is 53.5 Å². The molecular formula is C14H12O6. The smallest absolute Gasteiger partial charge is 0.371 e. The van der Waals surface area contributed by atoms with Crippen molar-refractivity contribution in [1.29, 1.82) is 0 Å². The first-order chi connectivity index (χ1) is 9.60. The van der Waals surface area contributed by atoms with Crippen LogP contribution in [0.1, 0.15) is 26.7 Å². The summed E-state index contributed by atoms with van der Waals surface area (Å²) >= 11 is 0. The Hall–Kier alpha value is -2.76. The number of benzene rings is 1. The average molecular weight is 276 g/mol. The van der Waals surface area contributed by atoms with Crippen molar-refractivity contribution in [3.63, 3.8) is 0 Å². The van der Waals surface area contributed by atoms with Gasteiger partial charge in [0.2, 0.25) is 5.76 Å². The molecule has 0 aliphatic rings. The van der Waals surface area contributed by atoms with Gasteiger partial charge < -0.3 is 19.0 Å². The summed E-state index contributed by atoms with van der Waals surface area (Å²) in [5.74, 6) is -0.748. The molecule has 6 nitrogen and oxygen atoms in total. The predicted molar refractivity (Wildman–Crippen MR) is 67.8 cm³/mol. The molecule has 20 heavy (non-hydrogen) atoms.